The summed E-state index contributed by atoms with van der Waals surface area (Å²) in [5.41, 5.74) is 4.30. The lowest BCUT2D eigenvalue weighted by atomic mass is 10.0. The third-order valence-corrected chi connectivity index (χ3v) is 5.66. The Labute approximate surface area is 148 Å². The van der Waals surface area contributed by atoms with E-state index in [2.05, 4.69) is 51.8 Å². The number of nitrogens with zero attached hydrogens (tertiary/aromatic N) is 5. The monoisotopic (exact) mass is 333 g/mol. The number of fused-ring (bicyclic) bond motifs is 1. The first kappa shape index (κ1) is 16.0. The second kappa shape index (κ2) is 6.45. The van der Waals surface area contributed by atoms with Crippen LogP contribution >= 0.6 is 0 Å². The highest BCUT2D eigenvalue weighted by Gasteiger charge is 2.40. The Hall–Kier alpha value is -2.45. The van der Waals surface area contributed by atoms with E-state index < -0.39 is 0 Å². The SMILES string of the molecule is Cc1ncnc(N2CC3CN(Cc4ccc(C#N)cc4)CC3C2)c1C. The Bertz CT molecular complexity index is 794. The molecule has 2 fully saturated rings. The predicted octanol–water partition coefficient (Wildman–Crippen LogP) is 2.53. The Balaban J connectivity index is 1.39. The van der Waals surface area contributed by atoms with Crippen molar-refractivity contribution in [3.05, 3.63) is 53.0 Å². The third-order valence-electron chi connectivity index (χ3n) is 5.66. The summed E-state index contributed by atoms with van der Waals surface area (Å²) >= 11 is 0. The molecule has 0 spiro atoms. The molecule has 5 nitrogen and oxygen atoms in total. The highest BCUT2D eigenvalue weighted by Crippen LogP contribution is 2.35. The summed E-state index contributed by atoms with van der Waals surface area (Å²) in [6.45, 7) is 9.61. The highest BCUT2D eigenvalue weighted by molar-refractivity contribution is 5.48. The van der Waals surface area contributed by atoms with E-state index in [1.165, 1.54) is 11.1 Å². The first-order chi connectivity index (χ1) is 12.1. The molecule has 0 amide bonds. The van der Waals surface area contributed by atoms with E-state index in [1.54, 1.807) is 6.33 Å². The summed E-state index contributed by atoms with van der Waals surface area (Å²) in [7, 11) is 0. The van der Waals surface area contributed by atoms with Crippen molar-refractivity contribution in [3.63, 3.8) is 0 Å². The van der Waals surface area contributed by atoms with E-state index in [4.69, 9.17) is 5.26 Å². The molecule has 0 N–H and O–H groups in total. The zero-order chi connectivity index (χ0) is 17.4. The van der Waals surface area contributed by atoms with Gasteiger partial charge >= 0.3 is 0 Å². The van der Waals surface area contributed by atoms with Crippen molar-refractivity contribution in [1.82, 2.24) is 14.9 Å². The van der Waals surface area contributed by atoms with Crippen LogP contribution in [0.1, 0.15) is 22.4 Å². The largest absolute Gasteiger partial charge is 0.356 e. The van der Waals surface area contributed by atoms with Gasteiger partial charge in [-0.1, -0.05) is 12.1 Å². The minimum atomic E-state index is 0.716. The van der Waals surface area contributed by atoms with Crippen molar-refractivity contribution in [2.75, 3.05) is 31.1 Å². The topological polar surface area (TPSA) is 56.1 Å². The third kappa shape index (κ3) is 3.10. The smallest absolute Gasteiger partial charge is 0.135 e. The molecule has 3 heterocycles. The molecule has 2 unspecified atom stereocenters. The van der Waals surface area contributed by atoms with Gasteiger partial charge in [0.05, 0.1) is 11.6 Å². The average molecular weight is 333 g/mol. The fourth-order valence-corrected chi connectivity index (χ4v) is 4.18. The van der Waals surface area contributed by atoms with Crippen molar-refractivity contribution >= 4 is 5.82 Å². The molecule has 1 aromatic heterocycles. The predicted molar refractivity (Wildman–Crippen MR) is 97.1 cm³/mol. The number of benzene rings is 1. The van der Waals surface area contributed by atoms with Gasteiger partial charge in [-0.05, 0) is 43.4 Å². The average Bonchev–Trinajstić information content (AvgIpc) is 3.16. The second-order valence-electron chi connectivity index (χ2n) is 7.34. The van der Waals surface area contributed by atoms with Gasteiger partial charge in [-0.2, -0.15) is 5.26 Å². The van der Waals surface area contributed by atoms with Crippen molar-refractivity contribution < 1.29 is 0 Å². The standard InChI is InChI=1S/C20H23N5/c1-14-15(2)22-13-23-20(14)25-11-18-9-24(10-19(18)12-25)8-17-5-3-16(7-21)4-6-17/h3-6,13,18-19H,8-12H2,1-2H3. The zero-order valence-corrected chi connectivity index (χ0v) is 14.8. The number of aryl methyl sites for hydroxylation is 1. The zero-order valence-electron chi connectivity index (χ0n) is 14.8. The van der Waals surface area contributed by atoms with E-state index in [0.29, 0.717) is 11.8 Å². The normalized spacial score (nSPS) is 22.8. The molecule has 0 radical (unpaired) electrons. The molecule has 2 aliphatic rings. The summed E-state index contributed by atoms with van der Waals surface area (Å²) in [4.78, 5) is 13.8. The number of nitriles is 1. The van der Waals surface area contributed by atoms with Crippen molar-refractivity contribution in [3.8, 4) is 6.07 Å². The lowest BCUT2D eigenvalue weighted by Crippen LogP contribution is -2.29. The van der Waals surface area contributed by atoms with Gasteiger partial charge in [0.1, 0.15) is 12.1 Å². The van der Waals surface area contributed by atoms with Crippen LogP contribution in [0.15, 0.2) is 30.6 Å². The van der Waals surface area contributed by atoms with Crippen LogP contribution in [-0.4, -0.2) is 41.0 Å². The Morgan fingerprint density at radius 1 is 1.04 bits per heavy atom. The lowest BCUT2D eigenvalue weighted by molar-refractivity contribution is 0.309. The molecular weight excluding hydrogens is 310 g/mol. The van der Waals surface area contributed by atoms with Crippen molar-refractivity contribution in [2.24, 2.45) is 11.8 Å². The number of hydrogen-bond donors (Lipinski definition) is 0. The molecule has 4 rings (SSSR count). The molecule has 2 aliphatic heterocycles. The number of aromatic nitrogens is 2. The number of hydrogen-bond acceptors (Lipinski definition) is 5. The van der Waals surface area contributed by atoms with Gasteiger partial charge in [-0.15, -0.1) is 0 Å². The van der Waals surface area contributed by atoms with Gasteiger partial charge in [0, 0.05) is 44.0 Å². The summed E-state index contributed by atoms with van der Waals surface area (Å²) in [5.74, 6) is 2.54. The fourth-order valence-electron chi connectivity index (χ4n) is 4.18. The maximum atomic E-state index is 8.90. The molecule has 0 saturated carbocycles. The molecule has 5 heteroatoms. The summed E-state index contributed by atoms with van der Waals surface area (Å²) < 4.78 is 0. The molecule has 0 bridgehead atoms. The fraction of sp³-hybridized carbons (Fsp3) is 0.450. The molecule has 1 aromatic carbocycles. The van der Waals surface area contributed by atoms with E-state index in [9.17, 15) is 0 Å². The van der Waals surface area contributed by atoms with Crippen molar-refractivity contribution in [1.29, 1.82) is 5.26 Å². The molecule has 2 aromatic rings. The summed E-state index contributed by atoms with van der Waals surface area (Å²) in [5, 5.41) is 8.90. The second-order valence-corrected chi connectivity index (χ2v) is 7.34. The van der Waals surface area contributed by atoms with Gasteiger partial charge in [0.25, 0.3) is 0 Å². The van der Waals surface area contributed by atoms with Crippen LogP contribution in [0.4, 0.5) is 5.82 Å². The van der Waals surface area contributed by atoms with Crippen LogP contribution < -0.4 is 4.90 Å². The van der Waals surface area contributed by atoms with E-state index in [-0.39, 0.29) is 0 Å². The first-order valence-electron chi connectivity index (χ1n) is 8.88. The highest BCUT2D eigenvalue weighted by atomic mass is 15.3. The van der Waals surface area contributed by atoms with Crippen LogP contribution in [0.25, 0.3) is 0 Å². The van der Waals surface area contributed by atoms with Crippen LogP contribution in [0.5, 0.6) is 0 Å². The summed E-state index contributed by atoms with van der Waals surface area (Å²) in [6, 6.07) is 10.2. The first-order valence-corrected chi connectivity index (χ1v) is 8.88. The minimum Gasteiger partial charge on any atom is -0.356 e. The Morgan fingerprint density at radius 3 is 2.36 bits per heavy atom. The molecule has 25 heavy (non-hydrogen) atoms. The number of likely N-dealkylation sites (tertiary alicyclic amines) is 1. The van der Waals surface area contributed by atoms with Crippen LogP contribution in [-0.2, 0) is 6.54 Å². The van der Waals surface area contributed by atoms with Crippen LogP contribution in [0.2, 0.25) is 0 Å². The van der Waals surface area contributed by atoms with Crippen molar-refractivity contribution in [2.45, 2.75) is 20.4 Å². The summed E-state index contributed by atoms with van der Waals surface area (Å²) in [6.07, 6.45) is 1.68. The lowest BCUT2D eigenvalue weighted by Gasteiger charge is -2.23. The van der Waals surface area contributed by atoms with E-state index in [0.717, 1.165) is 49.8 Å². The van der Waals surface area contributed by atoms with Gasteiger partial charge in [-0.3, -0.25) is 4.90 Å². The van der Waals surface area contributed by atoms with Crippen LogP contribution in [0.3, 0.4) is 0 Å². The van der Waals surface area contributed by atoms with Gasteiger partial charge in [-0.25, -0.2) is 9.97 Å². The Kier molecular flexibility index (Phi) is 4.14. The van der Waals surface area contributed by atoms with Crippen LogP contribution in [0, 0.1) is 37.0 Å². The quantitative estimate of drug-likeness (QED) is 0.864. The number of anilines is 1. The Morgan fingerprint density at radius 2 is 1.72 bits per heavy atom. The van der Waals surface area contributed by atoms with Gasteiger partial charge in [0.2, 0.25) is 0 Å². The van der Waals surface area contributed by atoms with E-state index >= 15 is 0 Å². The van der Waals surface area contributed by atoms with Gasteiger partial charge < -0.3 is 4.90 Å². The molecule has 128 valence electrons. The molecule has 2 saturated heterocycles. The minimum absolute atomic E-state index is 0.716. The molecular formula is C20H23N5. The van der Waals surface area contributed by atoms with E-state index in [1.807, 2.05) is 12.1 Å². The molecule has 2 atom stereocenters. The number of rotatable bonds is 3. The maximum Gasteiger partial charge on any atom is 0.135 e. The van der Waals surface area contributed by atoms with Gasteiger partial charge in [0.15, 0.2) is 0 Å². The molecule has 0 aliphatic carbocycles. The maximum absolute atomic E-state index is 8.90.